The number of rotatable bonds is 4. The van der Waals surface area contributed by atoms with Crippen LogP contribution >= 0.6 is 74.6 Å². The van der Waals surface area contributed by atoms with Crippen LogP contribution in [0.3, 0.4) is 0 Å². The molecule has 1 aromatic carbocycles. The summed E-state index contributed by atoms with van der Waals surface area (Å²) in [6.45, 7) is 0. The number of amides is 1. The van der Waals surface area contributed by atoms with Gasteiger partial charge in [0.05, 0.1) is 0 Å². The molecule has 21 heavy (non-hydrogen) atoms. The maximum atomic E-state index is 11.3. The Morgan fingerprint density at radius 3 is 2.52 bits per heavy atom. The Hall–Kier alpha value is 0.0200. The number of benzene rings is 1. The van der Waals surface area contributed by atoms with Crippen LogP contribution in [-0.2, 0) is 4.79 Å². The molecule has 0 fully saturated rings. The van der Waals surface area contributed by atoms with E-state index in [2.05, 4.69) is 31.9 Å². The largest absolute Gasteiger partial charge is 0.339 e. The molecular weight excluding hydrogens is 444 g/mol. The van der Waals surface area contributed by atoms with Crippen molar-refractivity contribution in [3.63, 3.8) is 0 Å². The van der Waals surface area contributed by atoms with Crippen LogP contribution in [0.4, 0.5) is 5.69 Å². The highest BCUT2D eigenvalue weighted by molar-refractivity contribution is 9.10. The van der Waals surface area contributed by atoms with E-state index in [4.69, 9.17) is 58.6 Å². The number of carbonyl (C=O) groups excluding carboxylic acids is 1. The Morgan fingerprint density at radius 2 is 2.00 bits per heavy atom. The molecule has 116 valence electrons. The Bertz CT molecular complexity index is 526. The third kappa shape index (κ3) is 7.21. The lowest BCUT2D eigenvalue weighted by Gasteiger charge is -2.27. The van der Waals surface area contributed by atoms with Crippen molar-refractivity contribution in [2.75, 3.05) is 11.2 Å². The van der Waals surface area contributed by atoms with Crippen molar-refractivity contribution in [2.45, 2.75) is 9.96 Å². The highest BCUT2D eigenvalue weighted by Gasteiger charge is 2.34. The number of halogens is 5. The van der Waals surface area contributed by atoms with Crippen molar-refractivity contribution >= 4 is 91.3 Å². The van der Waals surface area contributed by atoms with Gasteiger partial charge in [0.1, 0.15) is 12.0 Å². The SMILES string of the molecule is O=C(CCl)NC(NC(=S)Nc1cccc(Br)c1)C(Cl)(Cl)Cl. The predicted octanol–water partition coefficient (Wildman–Crippen LogP) is 3.79. The van der Waals surface area contributed by atoms with Gasteiger partial charge in [-0.25, -0.2) is 0 Å². The van der Waals surface area contributed by atoms with E-state index in [0.29, 0.717) is 0 Å². The molecule has 0 radical (unpaired) electrons. The molecule has 0 aromatic heterocycles. The van der Waals surface area contributed by atoms with E-state index < -0.39 is 15.9 Å². The van der Waals surface area contributed by atoms with E-state index in [1.54, 1.807) is 6.07 Å². The zero-order valence-corrected chi connectivity index (χ0v) is 15.7. The molecule has 0 saturated heterocycles. The summed E-state index contributed by atoms with van der Waals surface area (Å²) in [6, 6.07) is 7.32. The van der Waals surface area contributed by atoms with Gasteiger partial charge >= 0.3 is 0 Å². The lowest BCUT2D eigenvalue weighted by Crippen LogP contribution is -2.56. The minimum Gasteiger partial charge on any atom is -0.339 e. The molecule has 1 atom stereocenters. The van der Waals surface area contributed by atoms with E-state index in [1.807, 2.05) is 18.2 Å². The highest BCUT2D eigenvalue weighted by atomic mass is 79.9. The number of hydrogen-bond acceptors (Lipinski definition) is 2. The summed E-state index contributed by atoms with van der Waals surface area (Å²) in [6.07, 6.45) is -1.03. The topological polar surface area (TPSA) is 53.2 Å². The van der Waals surface area contributed by atoms with Gasteiger partial charge in [-0.05, 0) is 30.4 Å². The summed E-state index contributed by atoms with van der Waals surface area (Å²) in [5.41, 5.74) is 0.730. The zero-order valence-electron chi connectivity index (χ0n) is 10.3. The van der Waals surface area contributed by atoms with Crippen LogP contribution in [0.15, 0.2) is 28.7 Å². The summed E-state index contributed by atoms with van der Waals surface area (Å²) in [4.78, 5) is 11.3. The molecule has 10 heteroatoms. The molecule has 0 saturated carbocycles. The molecule has 1 unspecified atom stereocenters. The molecule has 3 N–H and O–H groups in total. The summed E-state index contributed by atoms with van der Waals surface area (Å²) in [7, 11) is 0. The van der Waals surface area contributed by atoms with Crippen molar-refractivity contribution < 1.29 is 4.79 Å². The molecule has 1 amide bonds. The minimum absolute atomic E-state index is 0.180. The van der Waals surface area contributed by atoms with Gasteiger partial charge < -0.3 is 16.0 Å². The fourth-order valence-corrected chi connectivity index (χ4v) is 2.30. The van der Waals surface area contributed by atoms with Crippen LogP contribution in [0.5, 0.6) is 0 Å². The molecule has 0 aliphatic carbocycles. The molecule has 0 aliphatic rings. The van der Waals surface area contributed by atoms with Crippen LogP contribution in [0, 0.1) is 0 Å². The standard InChI is InChI=1S/C11H10BrCl4N3OS/c12-6-2-1-3-7(4-6)17-10(21)19-9(11(14,15)16)18-8(20)5-13/h1-4,9H,5H2,(H,18,20)(H2,17,19,21). The zero-order chi connectivity index (χ0) is 16.0. The average Bonchev–Trinajstić information content (AvgIpc) is 2.36. The first-order valence-corrected chi connectivity index (χ1v) is 8.34. The second-order valence-corrected chi connectivity index (χ2v) is 7.74. The first-order chi connectivity index (χ1) is 9.72. The van der Waals surface area contributed by atoms with Crippen molar-refractivity contribution in [3.05, 3.63) is 28.7 Å². The summed E-state index contributed by atoms with van der Waals surface area (Å²) in [5, 5.41) is 8.22. The number of anilines is 1. The number of hydrogen-bond donors (Lipinski definition) is 3. The predicted molar refractivity (Wildman–Crippen MR) is 96.4 cm³/mol. The van der Waals surface area contributed by atoms with Crippen molar-refractivity contribution in [3.8, 4) is 0 Å². The van der Waals surface area contributed by atoms with Gasteiger partial charge in [0.25, 0.3) is 0 Å². The number of nitrogens with one attached hydrogen (secondary N) is 3. The third-order valence-electron chi connectivity index (χ3n) is 2.11. The van der Waals surface area contributed by atoms with Crippen molar-refractivity contribution in [1.29, 1.82) is 0 Å². The molecule has 1 aromatic rings. The fourth-order valence-electron chi connectivity index (χ4n) is 1.26. The molecule has 0 aliphatic heterocycles. The Balaban J connectivity index is 2.70. The van der Waals surface area contributed by atoms with Crippen molar-refractivity contribution in [2.24, 2.45) is 0 Å². The van der Waals surface area contributed by atoms with Crippen LogP contribution in [0.2, 0.25) is 0 Å². The Kier molecular flexibility index (Phi) is 7.81. The summed E-state index contributed by atoms with van der Waals surface area (Å²) >= 11 is 31.2. The lowest BCUT2D eigenvalue weighted by atomic mass is 10.3. The normalized spacial score (nSPS) is 12.4. The first-order valence-electron chi connectivity index (χ1n) is 5.47. The van der Waals surface area contributed by atoms with Crippen molar-refractivity contribution in [1.82, 2.24) is 10.6 Å². The summed E-state index contributed by atoms with van der Waals surface area (Å²) in [5.74, 6) is -0.754. The van der Waals surface area contributed by atoms with Crippen LogP contribution in [0.25, 0.3) is 0 Å². The Labute approximate surface area is 156 Å². The molecule has 1 rings (SSSR count). The minimum atomic E-state index is -1.80. The Morgan fingerprint density at radius 1 is 1.33 bits per heavy atom. The summed E-state index contributed by atoms with van der Waals surface area (Å²) < 4.78 is -0.922. The smallest absolute Gasteiger partial charge is 0.236 e. The van der Waals surface area contributed by atoms with Gasteiger partial charge in [-0.15, -0.1) is 11.6 Å². The maximum Gasteiger partial charge on any atom is 0.236 e. The first kappa shape index (κ1) is 19.1. The van der Waals surface area contributed by atoms with Gasteiger partial charge in [0.2, 0.25) is 9.70 Å². The molecule has 0 bridgehead atoms. The van der Waals surface area contributed by atoms with Gasteiger partial charge in [-0.1, -0.05) is 56.8 Å². The lowest BCUT2D eigenvalue weighted by molar-refractivity contribution is -0.119. The van der Waals surface area contributed by atoms with Crippen LogP contribution < -0.4 is 16.0 Å². The quantitative estimate of drug-likeness (QED) is 0.369. The van der Waals surface area contributed by atoms with Crippen LogP contribution in [-0.4, -0.2) is 26.9 Å². The molecule has 0 heterocycles. The van der Waals surface area contributed by atoms with Gasteiger partial charge in [0, 0.05) is 10.2 Å². The molecule has 0 spiro atoms. The molecule has 4 nitrogen and oxygen atoms in total. The van der Waals surface area contributed by atoms with E-state index in [-0.39, 0.29) is 11.0 Å². The van der Waals surface area contributed by atoms with Crippen LogP contribution in [0.1, 0.15) is 0 Å². The second kappa shape index (κ2) is 8.60. The second-order valence-electron chi connectivity index (χ2n) is 3.78. The number of alkyl halides is 4. The highest BCUT2D eigenvalue weighted by Crippen LogP contribution is 2.29. The van der Waals surface area contributed by atoms with E-state index in [0.717, 1.165) is 10.2 Å². The van der Waals surface area contributed by atoms with Gasteiger partial charge in [-0.3, -0.25) is 4.79 Å². The maximum absolute atomic E-state index is 11.3. The van der Waals surface area contributed by atoms with E-state index in [1.165, 1.54) is 0 Å². The number of thiocarbonyl (C=S) groups is 1. The number of carbonyl (C=O) groups is 1. The third-order valence-corrected chi connectivity index (χ3v) is 3.72. The van der Waals surface area contributed by atoms with Gasteiger partial charge in [0.15, 0.2) is 5.11 Å². The average molecular weight is 454 g/mol. The van der Waals surface area contributed by atoms with E-state index >= 15 is 0 Å². The van der Waals surface area contributed by atoms with Gasteiger partial charge in [-0.2, -0.15) is 0 Å². The monoisotopic (exact) mass is 451 g/mol. The van der Waals surface area contributed by atoms with E-state index in [9.17, 15) is 4.79 Å². The fraction of sp³-hybridized carbons (Fsp3) is 0.273. The molecular formula is C11H10BrCl4N3OS.